The minimum Gasteiger partial charge on any atom is -0.423 e. The van der Waals surface area contributed by atoms with Gasteiger partial charge in [-0.15, -0.1) is 0 Å². The first-order chi connectivity index (χ1) is 15.0. The average molecular weight is 430 g/mol. The van der Waals surface area contributed by atoms with Crippen molar-refractivity contribution < 1.29 is 17.9 Å². The molecule has 7 heteroatoms. The lowest BCUT2D eigenvalue weighted by molar-refractivity contribution is 0.0737. The summed E-state index contributed by atoms with van der Waals surface area (Å²) in [6, 6.07) is 27.6. The lowest BCUT2D eigenvalue weighted by Gasteiger charge is -2.07. The molecule has 6 nitrogen and oxygen atoms in total. The first-order valence-electron chi connectivity index (χ1n) is 9.43. The maximum atomic E-state index is 12.6. The summed E-state index contributed by atoms with van der Waals surface area (Å²) in [5, 5.41) is 5.57. The minimum absolute atomic E-state index is 0.128. The Morgan fingerprint density at radius 3 is 2.26 bits per heavy atom. The van der Waals surface area contributed by atoms with Crippen molar-refractivity contribution >= 4 is 33.0 Å². The Balaban J connectivity index is 1.42. The zero-order chi connectivity index (χ0) is 21.7. The van der Waals surface area contributed by atoms with Crippen LogP contribution in [0.1, 0.15) is 15.9 Å². The van der Waals surface area contributed by atoms with Gasteiger partial charge in [0, 0.05) is 0 Å². The molecule has 0 aliphatic rings. The molecule has 0 radical (unpaired) electrons. The van der Waals surface area contributed by atoms with E-state index in [4.69, 9.17) is 4.74 Å². The number of nitrogens with zero attached hydrogens (tertiary/aromatic N) is 1. The topological polar surface area (TPSA) is 84.8 Å². The van der Waals surface area contributed by atoms with Crippen molar-refractivity contribution in [3.8, 4) is 5.75 Å². The summed E-state index contributed by atoms with van der Waals surface area (Å²) >= 11 is 0. The van der Waals surface area contributed by atoms with Crippen LogP contribution in [0.2, 0.25) is 0 Å². The number of benzene rings is 4. The van der Waals surface area contributed by atoms with E-state index >= 15 is 0 Å². The second kappa shape index (κ2) is 8.81. The summed E-state index contributed by atoms with van der Waals surface area (Å²) in [5.41, 5.74) is 1.12. The standard InChI is InChI=1S/C24H18N2O4S/c27-24(23-12-6-8-19-7-4-5-11-22(19)23)30-20-15-13-18(14-16-20)17-25-26-31(28,29)21-9-2-1-3-10-21/h1-17,26H/b25-17-. The Morgan fingerprint density at radius 2 is 1.48 bits per heavy atom. The van der Waals surface area contributed by atoms with Crippen LogP contribution in [0.5, 0.6) is 5.75 Å². The van der Waals surface area contributed by atoms with Crippen LogP contribution in [0, 0.1) is 0 Å². The quantitative estimate of drug-likeness (QED) is 0.213. The molecule has 0 saturated heterocycles. The number of carbonyl (C=O) groups is 1. The first-order valence-corrected chi connectivity index (χ1v) is 10.9. The molecule has 0 spiro atoms. The van der Waals surface area contributed by atoms with E-state index in [1.165, 1.54) is 18.3 Å². The van der Waals surface area contributed by atoms with E-state index in [0.29, 0.717) is 16.9 Å². The van der Waals surface area contributed by atoms with Crippen LogP contribution >= 0.6 is 0 Å². The van der Waals surface area contributed by atoms with Gasteiger partial charge in [0.2, 0.25) is 0 Å². The molecular formula is C24H18N2O4S. The number of hydrogen-bond acceptors (Lipinski definition) is 5. The Morgan fingerprint density at radius 1 is 0.806 bits per heavy atom. The minimum atomic E-state index is -3.72. The van der Waals surface area contributed by atoms with E-state index in [1.54, 1.807) is 48.5 Å². The van der Waals surface area contributed by atoms with Crippen molar-refractivity contribution in [2.75, 3.05) is 0 Å². The van der Waals surface area contributed by atoms with Crippen molar-refractivity contribution in [3.63, 3.8) is 0 Å². The van der Waals surface area contributed by atoms with E-state index in [1.807, 2.05) is 36.4 Å². The molecule has 31 heavy (non-hydrogen) atoms. The van der Waals surface area contributed by atoms with E-state index in [0.717, 1.165) is 10.8 Å². The summed E-state index contributed by atoms with van der Waals surface area (Å²) in [5.74, 6) is -0.0752. The molecule has 4 aromatic carbocycles. The second-order valence-electron chi connectivity index (χ2n) is 6.65. The van der Waals surface area contributed by atoms with Crippen molar-refractivity contribution in [1.82, 2.24) is 4.83 Å². The van der Waals surface area contributed by atoms with Crippen molar-refractivity contribution in [1.29, 1.82) is 0 Å². The third kappa shape index (κ3) is 4.79. The third-order valence-corrected chi connectivity index (χ3v) is 5.78. The van der Waals surface area contributed by atoms with E-state index in [9.17, 15) is 13.2 Å². The molecule has 0 aliphatic heterocycles. The van der Waals surface area contributed by atoms with Gasteiger partial charge < -0.3 is 4.74 Å². The van der Waals surface area contributed by atoms with Gasteiger partial charge in [-0.05, 0) is 58.8 Å². The molecule has 0 unspecified atom stereocenters. The van der Waals surface area contributed by atoms with Crippen LogP contribution < -0.4 is 9.57 Å². The SMILES string of the molecule is O=C(Oc1ccc(/C=N\NS(=O)(=O)c2ccccc2)cc1)c1cccc2ccccc12. The highest BCUT2D eigenvalue weighted by Gasteiger charge is 2.13. The van der Waals surface area contributed by atoms with Crippen molar-refractivity contribution in [3.05, 3.63) is 108 Å². The summed E-state index contributed by atoms with van der Waals surface area (Å²) in [7, 11) is -3.72. The van der Waals surface area contributed by atoms with E-state index in [-0.39, 0.29) is 4.90 Å². The van der Waals surface area contributed by atoms with Gasteiger partial charge in [0.1, 0.15) is 5.75 Å². The monoisotopic (exact) mass is 430 g/mol. The summed E-state index contributed by atoms with van der Waals surface area (Å²) < 4.78 is 29.8. The number of esters is 1. The number of ether oxygens (including phenoxy) is 1. The number of rotatable bonds is 6. The van der Waals surface area contributed by atoms with Crippen LogP contribution in [-0.2, 0) is 10.0 Å². The average Bonchev–Trinajstić information content (AvgIpc) is 2.80. The number of carbonyl (C=O) groups excluding carboxylic acids is 1. The van der Waals surface area contributed by atoms with Crippen LogP contribution in [-0.4, -0.2) is 20.6 Å². The second-order valence-corrected chi connectivity index (χ2v) is 8.31. The molecule has 0 amide bonds. The molecule has 0 atom stereocenters. The summed E-state index contributed by atoms with van der Waals surface area (Å²) in [6.07, 6.45) is 1.37. The summed E-state index contributed by atoms with van der Waals surface area (Å²) in [6.45, 7) is 0. The lowest BCUT2D eigenvalue weighted by atomic mass is 10.0. The van der Waals surface area contributed by atoms with Gasteiger partial charge >= 0.3 is 5.97 Å². The van der Waals surface area contributed by atoms with Gasteiger partial charge in [-0.25, -0.2) is 9.63 Å². The third-order valence-electron chi connectivity index (χ3n) is 4.54. The molecule has 4 rings (SSSR count). The van der Waals surface area contributed by atoms with Gasteiger partial charge in [0.15, 0.2) is 0 Å². The number of hydrazone groups is 1. The molecule has 0 fully saturated rings. The van der Waals surface area contributed by atoms with Gasteiger partial charge in [0.25, 0.3) is 10.0 Å². The Kier molecular flexibility index (Phi) is 5.77. The normalized spacial score (nSPS) is 11.5. The van der Waals surface area contributed by atoms with E-state index in [2.05, 4.69) is 9.93 Å². The lowest BCUT2D eigenvalue weighted by Crippen LogP contribution is -2.18. The smallest absolute Gasteiger partial charge is 0.344 e. The zero-order valence-corrected chi connectivity index (χ0v) is 17.1. The van der Waals surface area contributed by atoms with Gasteiger partial charge in [-0.3, -0.25) is 0 Å². The number of fused-ring (bicyclic) bond motifs is 1. The fraction of sp³-hybridized carbons (Fsp3) is 0. The highest BCUT2D eigenvalue weighted by atomic mass is 32.2. The maximum absolute atomic E-state index is 12.6. The molecular weight excluding hydrogens is 412 g/mol. The molecule has 0 aliphatic carbocycles. The highest BCUT2D eigenvalue weighted by Crippen LogP contribution is 2.21. The number of hydrogen-bond donors (Lipinski definition) is 1. The highest BCUT2D eigenvalue weighted by molar-refractivity contribution is 7.89. The first kappa shape index (κ1) is 20.3. The van der Waals surface area contributed by atoms with E-state index < -0.39 is 16.0 Å². The zero-order valence-electron chi connectivity index (χ0n) is 16.3. The predicted octanol–water partition coefficient (Wildman–Crippen LogP) is 4.37. The number of sulfonamides is 1. The number of nitrogens with one attached hydrogen (secondary N) is 1. The van der Waals surface area contributed by atoms with Crippen LogP contribution in [0.3, 0.4) is 0 Å². The fourth-order valence-electron chi connectivity index (χ4n) is 3.01. The molecule has 0 saturated carbocycles. The van der Waals surface area contributed by atoms with Crippen LogP contribution in [0.15, 0.2) is 107 Å². The molecule has 0 bridgehead atoms. The van der Waals surface area contributed by atoms with Crippen LogP contribution in [0.25, 0.3) is 10.8 Å². The Bertz CT molecular complexity index is 1340. The van der Waals surface area contributed by atoms with Crippen LogP contribution in [0.4, 0.5) is 0 Å². The van der Waals surface area contributed by atoms with Gasteiger partial charge in [0.05, 0.1) is 16.7 Å². The molecule has 0 heterocycles. The van der Waals surface area contributed by atoms with Gasteiger partial charge in [-0.1, -0.05) is 54.6 Å². The molecule has 1 N–H and O–H groups in total. The van der Waals surface area contributed by atoms with Crippen molar-refractivity contribution in [2.45, 2.75) is 4.90 Å². The fourth-order valence-corrected chi connectivity index (χ4v) is 3.82. The van der Waals surface area contributed by atoms with Gasteiger partial charge in [-0.2, -0.15) is 13.5 Å². The van der Waals surface area contributed by atoms with Crippen molar-refractivity contribution in [2.24, 2.45) is 5.10 Å². The molecule has 4 aromatic rings. The largest absolute Gasteiger partial charge is 0.423 e. The Labute approximate surface area is 179 Å². The molecule has 154 valence electrons. The summed E-state index contributed by atoms with van der Waals surface area (Å²) in [4.78, 5) is 14.9. The molecule has 0 aromatic heterocycles. The predicted molar refractivity (Wildman–Crippen MR) is 120 cm³/mol. The maximum Gasteiger partial charge on any atom is 0.344 e. The Hall–Kier alpha value is -3.97.